The number of carbonyl (C=O) groups is 1. The minimum atomic E-state index is 0.168. The van der Waals surface area contributed by atoms with Crippen molar-refractivity contribution in [2.24, 2.45) is 5.92 Å². The highest BCUT2D eigenvalue weighted by Crippen LogP contribution is 2.27. The van der Waals surface area contributed by atoms with Crippen LogP contribution in [-0.2, 0) is 16.1 Å². The number of nitrogens with one attached hydrogen (secondary N) is 2. The van der Waals surface area contributed by atoms with E-state index < -0.39 is 0 Å². The molecule has 1 aromatic carbocycles. The predicted molar refractivity (Wildman–Crippen MR) is 86.4 cm³/mol. The van der Waals surface area contributed by atoms with E-state index in [2.05, 4.69) is 10.6 Å². The summed E-state index contributed by atoms with van der Waals surface area (Å²) in [5.74, 6) is 0.376. The van der Waals surface area contributed by atoms with Gasteiger partial charge in [0.05, 0.1) is 0 Å². The fraction of sp³-hybridized carbons (Fsp3) is 0.611. The molecule has 2 aliphatic rings. The number of amides is 1. The van der Waals surface area contributed by atoms with E-state index in [4.69, 9.17) is 4.74 Å². The Bertz CT molecular complexity index is 471. The summed E-state index contributed by atoms with van der Waals surface area (Å²) >= 11 is 0. The van der Waals surface area contributed by atoms with Crippen molar-refractivity contribution >= 4 is 5.91 Å². The molecule has 120 valence electrons. The summed E-state index contributed by atoms with van der Waals surface area (Å²) in [4.78, 5) is 12.3. The summed E-state index contributed by atoms with van der Waals surface area (Å²) in [5.41, 5.74) is 1.16. The third kappa shape index (κ3) is 4.31. The fourth-order valence-corrected chi connectivity index (χ4v) is 3.50. The third-order valence-electron chi connectivity index (χ3n) is 4.81. The number of hydrogen-bond acceptors (Lipinski definition) is 3. The van der Waals surface area contributed by atoms with Gasteiger partial charge in [-0.1, -0.05) is 30.3 Å². The van der Waals surface area contributed by atoms with Crippen molar-refractivity contribution in [3.63, 3.8) is 0 Å². The monoisotopic (exact) mass is 302 g/mol. The van der Waals surface area contributed by atoms with Gasteiger partial charge in [0.2, 0.25) is 5.91 Å². The maximum atomic E-state index is 12.3. The Labute approximate surface area is 132 Å². The summed E-state index contributed by atoms with van der Waals surface area (Å²) in [6, 6.07) is 11.2. The molecule has 0 radical (unpaired) electrons. The van der Waals surface area contributed by atoms with E-state index >= 15 is 0 Å². The van der Waals surface area contributed by atoms with E-state index in [0.29, 0.717) is 18.6 Å². The number of ether oxygens (including phenoxy) is 1. The average molecular weight is 302 g/mol. The van der Waals surface area contributed by atoms with Crippen LogP contribution in [0.25, 0.3) is 0 Å². The minimum Gasteiger partial charge on any atom is -0.381 e. The van der Waals surface area contributed by atoms with Gasteiger partial charge in [0.25, 0.3) is 0 Å². The highest BCUT2D eigenvalue weighted by atomic mass is 16.5. The second-order valence-corrected chi connectivity index (χ2v) is 6.46. The van der Waals surface area contributed by atoms with Crippen LogP contribution >= 0.6 is 0 Å². The molecule has 1 aliphatic carbocycles. The van der Waals surface area contributed by atoms with Gasteiger partial charge in [0.1, 0.15) is 0 Å². The normalized spacial score (nSPS) is 26.0. The van der Waals surface area contributed by atoms with Gasteiger partial charge in [-0.25, -0.2) is 0 Å². The lowest BCUT2D eigenvalue weighted by molar-refractivity contribution is -0.125. The van der Waals surface area contributed by atoms with Crippen LogP contribution in [0, 0.1) is 5.92 Å². The Balaban J connectivity index is 1.40. The maximum absolute atomic E-state index is 12.3. The SMILES string of the molecule is O=C(NCc1ccccc1)C1CC[C@@H](NC2CCOCC2)C1. The van der Waals surface area contributed by atoms with Gasteiger partial charge in [-0.3, -0.25) is 4.79 Å². The van der Waals surface area contributed by atoms with Crippen LogP contribution in [0.3, 0.4) is 0 Å². The van der Waals surface area contributed by atoms with Crippen molar-refractivity contribution in [1.82, 2.24) is 10.6 Å². The first-order chi connectivity index (χ1) is 10.8. The van der Waals surface area contributed by atoms with Crippen molar-refractivity contribution in [3.05, 3.63) is 35.9 Å². The molecule has 1 unspecified atom stereocenters. The summed E-state index contributed by atoms with van der Waals surface area (Å²) < 4.78 is 5.39. The molecule has 2 fully saturated rings. The van der Waals surface area contributed by atoms with Crippen LogP contribution in [0.2, 0.25) is 0 Å². The first-order valence-electron chi connectivity index (χ1n) is 8.46. The van der Waals surface area contributed by atoms with Crippen molar-refractivity contribution in [3.8, 4) is 0 Å². The van der Waals surface area contributed by atoms with E-state index in [9.17, 15) is 4.79 Å². The average Bonchev–Trinajstić information content (AvgIpc) is 3.03. The van der Waals surface area contributed by atoms with E-state index in [0.717, 1.165) is 50.9 Å². The molecule has 0 spiro atoms. The molecule has 0 bridgehead atoms. The number of rotatable bonds is 5. The molecule has 1 heterocycles. The van der Waals surface area contributed by atoms with Crippen LogP contribution in [-0.4, -0.2) is 31.2 Å². The van der Waals surface area contributed by atoms with Gasteiger partial charge in [0, 0.05) is 37.8 Å². The zero-order chi connectivity index (χ0) is 15.2. The van der Waals surface area contributed by atoms with E-state index in [-0.39, 0.29) is 11.8 Å². The lowest BCUT2D eigenvalue weighted by Gasteiger charge is -2.26. The number of benzene rings is 1. The zero-order valence-corrected chi connectivity index (χ0v) is 13.1. The lowest BCUT2D eigenvalue weighted by Crippen LogP contribution is -2.41. The Morgan fingerprint density at radius 3 is 2.59 bits per heavy atom. The van der Waals surface area contributed by atoms with Crippen molar-refractivity contribution in [1.29, 1.82) is 0 Å². The smallest absolute Gasteiger partial charge is 0.223 e. The number of carbonyl (C=O) groups excluding carboxylic acids is 1. The Hall–Kier alpha value is -1.39. The Morgan fingerprint density at radius 1 is 1.05 bits per heavy atom. The molecule has 4 heteroatoms. The van der Waals surface area contributed by atoms with Crippen LogP contribution in [0.5, 0.6) is 0 Å². The van der Waals surface area contributed by atoms with Crippen LogP contribution in [0.4, 0.5) is 0 Å². The molecule has 3 rings (SSSR count). The van der Waals surface area contributed by atoms with Crippen molar-refractivity contribution in [2.75, 3.05) is 13.2 Å². The molecule has 4 nitrogen and oxygen atoms in total. The minimum absolute atomic E-state index is 0.168. The molecule has 22 heavy (non-hydrogen) atoms. The highest BCUT2D eigenvalue weighted by molar-refractivity contribution is 5.79. The maximum Gasteiger partial charge on any atom is 0.223 e. The van der Waals surface area contributed by atoms with Crippen LogP contribution in [0.15, 0.2) is 30.3 Å². The predicted octanol–water partition coefficient (Wildman–Crippen LogP) is 2.24. The molecule has 1 aromatic rings. The highest BCUT2D eigenvalue weighted by Gasteiger charge is 2.31. The van der Waals surface area contributed by atoms with Gasteiger partial charge in [-0.2, -0.15) is 0 Å². The number of hydrogen-bond donors (Lipinski definition) is 2. The molecule has 2 N–H and O–H groups in total. The van der Waals surface area contributed by atoms with Gasteiger partial charge in [-0.15, -0.1) is 0 Å². The summed E-state index contributed by atoms with van der Waals surface area (Å²) in [7, 11) is 0. The van der Waals surface area contributed by atoms with E-state index in [1.807, 2.05) is 30.3 Å². The molecular formula is C18H26N2O2. The zero-order valence-electron chi connectivity index (χ0n) is 13.1. The molecule has 2 atom stereocenters. The van der Waals surface area contributed by atoms with Crippen LogP contribution < -0.4 is 10.6 Å². The van der Waals surface area contributed by atoms with Gasteiger partial charge >= 0.3 is 0 Å². The van der Waals surface area contributed by atoms with E-state index in [1.54, 1.807) is 0 Å². The molecule has 1 saturated carbocycles. The molecule has 0 aromatic heterocycles. The summed E-state index contributed by atoms with van der Waals surface area (Å²) in [6.45, 7) is 2.37. The van der Waals surface area contributed by atoms with Crippen LogP contribution in [0.1, 0.15) is 37.7 Å². The summed E-state index contributed by atoms with van der Waals surface area (Å²) in [5, 5.41) is 6.79. The second kappa shape index (κ2) is 7.75. The molecular weight excluding hydrogens is 276 g/mol. The standard InChI is InChI=1S/C18H26N2O2/c21-18(19-13-14-4-2-1-3-5-14)15-6-7-17(12-15)20-16-8-10-22-11-9-16/h1-5,15-17,20H,6-13H2,(H,19,21)/t15?,17-/m1/s1. The third-order valence-corrected chi connectivity index (χ3v) is 4.81. The van der Waals surface area contributed by atoms with Crippen molar-refractivity contribution in [2.45, 2.75) is 50.7 Å². The van der Waals surface area contributed by atoms with Gasteiger partial charge in [0.15, 0.2) is 0 Å². The van der Waals surface area contributed by atoms with E-state index in [1.165, 1.54) is 0 Å². The Morgan fingerprint density at radius 2 is 1.82 bits per heavy atom. The molecule has 1 saturated heterocycles. The van der Waals surface area contributed by atoms with Gasteiger partial charge < -0.3 is 15.4 Å². The largest absolute Gasteiger partial charge is 0.381 e. The van der Waals surface area contributed by atoms with Crippen molar-refractivity contribution < 1.29 is 9.53 Å². The Kier molecular flexibility index (Phi) is 5.46. The topological polar surface area (TPSA) is 50.4 Å². The first-order valence-corrected chi connectivity index (χ1v) is 8.46. The first kappa shape index (κ1) is 15.5. The molecule has 1 amide bonds. The quantitative estimate of drug-likeness (QED) is 0.877. The lowest BCUT2D eigenvalue weighted by atomic mass is 10.1. The summed E-state index contributed by atoms with van der Waals surface area (Å²) in [6.07, 6.45) is 5.28. The van der Waals surface area contributed by atoms with Gasteiger partial charge in [-0.05, 0) is 37.7 Å². The fourth-order valence-electron chi connectivity index (χ4n) is 3.50. The molecule has 1 aliphatic heterocycles. The second-order valence-electron chi connectivity index (χ2n) is 6.46.